The van der Waals surface area contributed by atoms with E-state index in [2.05, 4.69) is 50.6 Å². The molecule has 6 rings (SSSR count). The van der Waals surface area contributed by atoms with E-state index in [1.165, 1.54) is 0 Å². The minimum Gasteiger partial charge on any atom is -0.378 e. The Morgan fingerprint density at radius 3 is 2.49 bits per heavy atom. The predicted octanol–water partition coefficient (Wildman–Crippen LogP) is 4.28. The highest BCUT2D eigenvalue weighted by Crippen LogP contribution is 2.33. The Hall–Kier alpha value is -3.91. The minimum absolute atomic E-state index is 0.0470. The minimum atomic E-state index is 0.0470. The van der Waals surface area contributed by atoms with Gasteiger partial charge in [0.25, 0.3) is 5.91 Å². The molecule has 0 bridgehead atoms. The number of hydrogen-bond donors (Lipinski definition) is 0. The third-order valence-corrected chi connectivity index (χ3v) is 8.15. The molecule has 8 heteroatoms. The number of rotatable bonds is 6. The number of carbonyl (C=O) groups excluding carboxylic acids is 2. The van der Waals surface area contributed by atoms with Crippen molar-refractivity contribution in [3.05, 3.63) is 78.6 Å². The number of imidazole rings is 1. The van der Waals surface area contributed by atoms with Crippen molar-refractivity contribution in [2.45, 2.75) is 32.9 Å². The molecule has 0 N–H and O–H groups in total. The molecule has 0 aliphatic carbocycles. The fourth-order valence-electron chi connectivity index (χ4n) is 5.92. The average molecular weight is 526 g/mol. The Labute approximate surface area is 228 Å². The van der Waals surface area contributed by atoms with Crippen molar-refractivity contribution in [1.82, 2.24) is 23.9 Å². The highest BCUT2D eigenvalue weighted by atomic mass is 16.5. The van der Waals surface area contributed by atoms with Gasteiger partial charge < -0.3 is 23.7 Å². The van der Waals surface area contributed by atoms with E-state index < -0.39 is 0 Å². The van der Waals surface area contributed by atoms with E-state index in [0.717, 1.165) is 65.6 Å². The number of likely N-dealkylation sites (tertiary alicyclic amines) is 1. The Kier molecular flexibility index (Phi) is 7.20. The molecule has 0 radical (unpaired) electrons. The first-order chi connectivity index (χ1) is 19.1. The van der Waals surface area contributed by atoms with Gasteiger partial charge in [-0.1, -0.05) is 42.5 Å². The van der Waals surface area contributed by atoms with Gasteiger partial charge in [0.2, 0.25) is 5.91 Å². The number of fused-ring (bicyclic) bond motifs is 1. The Balaban J connectivity index is 1.29. The zero-order valence-corrected chi connectivity index (χ0v) is 22.5. The average Bonchev–Trinajstić information content (AvgIpc) is 3.60. The molecular weight excluding hydrogens is 490 g/mol. The highest BCUT2D eigenvalue weighted by Gasteiger charge is 2.25. The van der Waals surface area contributed by atoms with Crippen molar-refractivity contribution in [2.24, 2.45) is 5.92 Å². The van der Waals surface area contributed by atoms with Gasteiger partial charge in [-0.2, -0.15) is 0 Å². The normalized spacial score (nSPS) is 16.6. The Morgan fingerprint density at radius 1 is 0.923 bits per heavy atom. The van der Waals surface area contributed by atoms with E-state index in [0.29, 0.717) is 38.8 Å². The number of piperidine rings is 1. The van der Waals surface area contributed by atoms with Crippen LogP contribution in [0.5, 0.6) is 0 Å². The number of morpholine rings is 1. The van der Waals surface area contributed by atoms with Crippen LogP contribution in [-0.4, -0.2) is 75.1 Å². The Morgan fingerprint density at radius 2 is 1.69 bits per heavy atom. The smallest absolute Gasteiger partial charge is 0.256 e. The SMILES string of the molecule is CC(=O)N1CCC(Cn2cncc2Cn2cc(C(=O)N3CCOCC3)c(-c3cccc4ccccc34)c2)CC1. The summed E-state index contributed by atoms with van der Waals surface area (Å²) in [5.74, 6) is 0.724. The molecule has 0 spiro atoms. The van der Waals surface area contributed by atoms with Crippen LogP contribution in [0.3, 0.4) is 0 Å². The second-order valence-corrected chi connectivity index (χ2v) is 10.7. The summed E-state index contributed by atoms with van der Waals surface area (Å²) in [6.45, 7) is 7.16. The van der Waals surface area contributed by atoms with E-state index in [9.17, 15) is 9.59 Å². The molecule has 4 aromatic rings. The summed E-state index contributed by atoms with van der Waals surface area (Å²) in [4.78, 5) is 33.8. The standard InChI is InChI=1S/C31H35N5O3/c1-23(37)34-11-9-24(10-12-34)18-36-22-32-17-26(36)19-33-20-29(28-8-4-6-25-5-2-3-7-27(25)28)30(21-33)31(38)35-13-15-39-16-14-35/h2-8,17,20-22,24H,9-16,18-19H2,1H3. The second kappa shape index (κ2) is 11.1. The van der Waals surface area contributed by atoms with Crippen molar-refractivity contribution in [3.8, 4) is 11.1 Å². The zero-order valence-electron chi connectivity index (χ0n) is 22.5. The van der Waals surface area contributed by atoms with Gasteiger partial charge in [0.15, 0.2) is 0 Å². The van der Waals surface area contributed by atoms with Crippen LogP contribution in [0.1, 0.15) is 35.8 Å². The van der Waals surface area contributed by atoms with Gasteiger partial charge in [-0.15, -0.1) is 0 Å². The van der Waals surface area contributed by atoms with Crippen LogP contribution in [0, 0.1) is 5.92 Å². The lowest BCUT2D eigenvalue weighted by atomic mass is 9.96. The van der Waals surface area contributed by atoms with Crippen molar-refractivity contribution in [3.63, 3.8) is 0 Å². The van der Waals surface area contributed by atoms with Crippen LogP contribution in [0.15, 0.2) is 67.4 Å². The first-order valence-corrected chi connectivity index (χ1v) is 13.9. The molecule has 2 fully saturated rings. The lowest BCUT2D eigenvalue weighted by Crippen LogP contribution is -2.40. The topological polar surface area (TPSA) is 72.6 Å². The van der Waals surface area contributed by atoms with Gasteiger partial charge in [-0.3, -0.25) is 9.59 Å². The molecule has 0 unspecified atom stereocenters. The third kappa shape index (κ3) is 5.34. The quantitative estimate of drug-likeness (QED) is 0.377. The van der Waals surface area contributed by atoms with Crippen molar-refractivity contribution >= 4 is 22.6 Å². The molecule has 2 aromatic carbocycles. The second-order valence-electron chi connectivity index (χ2n) is 10.7. The predicted molar refractivity (Wildman–Crippen MR) is 150 cm³/mol. The number of carbonyl (C=O) groups is 2. The molecule has 0 saturated carbocycles. The molecule has 4 heterocycles. The van der Waals surface area contributed by atoms with Gasteiger partial charge in [-0.25, -0.2) is 4.98 Å². The highest BCUT2D eigenvalue weighted by molar-refractivity contribution is 6.06. The molecule has 2 aliphatic heterocycles. The van der Waals surface area contributed by atoms with E-state index in [-0.39, 0.29) is 11.8 Å². The molecule has 2 aromatic heterocycles. The van der Waals surface area contributed by atoms with Crippen LogP contribution in [-0.2, 0) is 22.6 Å². The molecule has 8 nitrogen and oxygen atoms in total. The van der Waals surface area contributed by atoms with E-state index in [1.807, 2.05) is 40.7 Å². The maximum absolute atomic E-state index is 13.8. The molecule has 2 aliphatic rings. The van der Waals surface area contributed by atoms with E-state index in [4.69, 9.17) is 4.74 Å². The third-order valence-electron chi connectivity index (χ3n) is 8.15. The summed E-state index contributed by atoms with van der Waals surface area (Å²) in [5, 5.41) is 2.29. The number of hydrogen-bond acceptors (Lipinski definition) is 4. The molecular formula is C31H35N5O3. The van der Waals surface area contributed by atoms with Gasteiger partial charge in [-0.05, 0) is 35.1 Å². The van der Waals surface area contributed by atoms with Gasteiger partial charge >= 0.3 is 0 Å². The summed E-state index contributed by atoms with van der Waals surface area (Å²) in [6.07, 6.45) is 9.94. The summed E-state index contributed by atoms with van der Waals surface area (Å²) >= 11 is 0. The first-order valence-electron chi connectivity index (χ1n) is 13.9. The summed E-state index contributed by atoms with van der Waals surface area (Å²) < 4.78 is 9.85. The summed E-state index contributed by atoms with van der Waals surface area (Å²) in [5.41, 5.74) is 3.84. The van der Waals surface area contributed by atoms with Crippen LogP contribution >= 0.6 is 0 Å². The summed E-state index contributed by atoms with van der Waals surface area (Å²) in [6, 6.07) is 14.6. The van der Waals surface area contributed by atoms with Crippen molar-refractivity contribution in [1.29, 1.82) is 0 Å². The molecule has 202 valence electrons. The molecule has 39 heavy (non-hydrogen) atoms. The van der Waals surface area contributed by atoms with Crippen LogP contribution in [0.25, 0.3) is 21.9 Å². The monoisotopic (exact) mass is 525 g/mol. The van der Waals surface area contributed by atoms with E-state index >= 15 is 0 Å². The fraction of sp³-hybridized carbons (Fsp3) is 0.387. The molecule has 2 amide bonds. The lowest BCUT2D eigenvalue weighted by molar-refractivity contribution is -0.130. The van der Waals surface area contributed by atoms with Gasteiger partial charge in [0.1, 0.15) is 0 Å². The largest absolute Gasteiger partial charge is 0.378 e. The number of nitrogens with zero attached hydrogens (tertiary/aromatic N) is 5. The van der Waals surface area contributed by atoms with Gasteiger partial charge in [0.05, 0.1) is 37.3 Å². The number of benzene rings is 2. The number of aromatic nitrogens is 3. The summed E-state index contributed by atoms with van der Waals surface area (Å²) in [7, 11) is 0. The maximum atomic E-state index is 13.8. The lowest BCUT2D eigenvalue weighted by Gasteiger charge is -2.31. The van der Waals surface area contributed by atoms with Crippen LogP contribution in [0.4, 0.5) is 0 Å². The first kappa shape index (κ1) is 25.4. The van der Waals surface area contributed by atoms with Crippen LogP contribution in [0.2, 0.25) is 0 Å². The maximum Gasteiger partial charge on any atom is 0.256 e. The van der Waals surface area contributed by atoms with Crippen LogP contribution < -0.4 is 0 Å². The van der Waals surface area contributed by atoms with Gasteiger partial charge in [0, 0.05) is 63.8 Å². The molecule has 2 saturated heterocycles. The number of ether oxygens (including phenoxy) is 1. The van der Waals surface area contributed by atoms with E-state index in [1.54, 1.807) is 6.92 Å². The van der Waals surface area contributed by atoms with Crippen molar-refractivity contribution in [2.75, 3.05) is 39.4 Å². The molecule has 0 atom stereocenters. The van der Waals surface area contributed by atoms with Crippen molar-refractivity contribution < 1.29 is 14.3 Å². The Bertz CT molecular complexity index is 1470. The fourth-order valence-corrected chi connectivity index (χ4v) is 5.92. The number of amides is 2. The zero-order chi connectivity index (χ0) is 26.8.